The molecule has 0 aromatic carbocycles. The molecular formula is C8H12O. The van der Waals surface area contributed by atoms with Gasteiger partial charge in [0.1, 0.15) is 0 Å². The first kappa shape index (κ1) is 5.48. The maximum atomic E-state index is 5.36. The zero-order chi connectivity index (χ0) is 6.27. The Kier molecular flexibility index (Phi) is 1.12. The molecule has 1 heterocycles. The van der Waals surface area contributed by atoms with Gasteiger partial charge >= 0.3 is 0 Å². The number of allylic oxidation sites excluding steroid dienone is 1. The average Bonchev–Trinajstić information content (AvgIpc) is 2.64. The molecule has 0 unspecified atom stereocenters. The fourth-order valence-corrected chi connectivity index (χ4v) is 1.65. The monoisotopic (exact) mass is 124 g/mol. The normalized spacial score (nSPS) is 47.8. The second-order valence-corrected chi connectivity index (χ2v) is 3.02. The predicted octanol–water partition coefficient (Wildman–Crippen LogP) is 1.74. The van der Waals surface area contributed by atoms with E-state index in [-0.39, 0.29) is 0 Å². The molecular weight excluding hydrogens is 112 g/mol. The summed E-state index contributed by atoms with van der Waals surface area (Å²) in [5.41, 5.74) is 0. The van der Waals surface area contributed by atoms with E-state index < -0.39 is 0 Å². The Balaban J connectivity index is 1.93. The number of hydrogen-bond donors (Lipinski definition) is 0. The topological polar surface area (TPSA) is 12.5 Å². The molecule has 0 spiro atoms. The maximum absolute atomic E-state index is 5.36. The van der Waals surface area contributed by atoms with E-state index in [1.165, 1.54) is 19.3 Å². The van der Waals surface area contributed by atoms with Crippen molar-refractivity contribution in [3.63, 3.8) is 0 Å². The van der Waals surface area contributed by atoms with Crippen molar-refractivity contribution < 1.29 is 4.74 Å². The van der Waals surface area contributed by atoms with Gasteiger partial charge in [0.15, 0.2) is 0 Å². The largest absolute Gasteiger partial charge is 0.370 e. The van der Waals surface area contributed by atoms with Crippen LogP contribution in [0.5, 0.6) is 0 Å². The van der Waals surface area contributed by atoms with Crippen LogP contribution in [0.15, 0.2) is 12.7 Å². The highest BCUT2D eigenvalue weighted by Gasteiger charge is 2.42. The molecule has 3 atom stereocenters. The summed E-state index contributed by atoms with van der Waals surface area (Å²) in [5.74, 6) is 0.744. The minimum Gasteiger partial charge on any atom is -0.370 e. The summed E-state index contributed by atoms with van der Waals surface area (Å²) in [6, 6.07) is 0. The number of epoxide rings is 1. The van der Waals surface area contributed by atoms with Crippen molar-refractivity contribution in [3.05, 3.63) is 12.7 Å². The van der Waals surface area contributed by atoms with E-state index in [1.54, 1.807) is 0 Å². The highest BCUT2D eigenvalue weighted by atomic mass is 16.6. The third kappa shape index (κ3) is 0.897. The molecule has 50 valence electrons. The molecule has 1 saturated carbocycles. The van der Waals surface area contributed by atoms with Crippen LogP contribution in [0.1, 0.15) is 19.3 Å². The lowest BCUT2D eigenvalue weighted by atomic mass is 9.90. The van der Waals surface area contributed by atoms with Gasteiger partial charge in [-0.25, -0.2) is 0 Å². The average molecular weight is 124 g/mol. The van der Waals surface area contributed by atoms with Crippen LogP contribution >= 0.6 is 0 Å². The summed E-state index contributed by atoms with van der Waals surface area (Å²) in [7, 11) is 0. The first-order valence-corrected chi connectivity index (χ1v) is 3.68. The second-order valence-electron chi connectivity index (χ2n) is 3.02. The molecule has 0 aromatic rings. The Bertz CT molecular complexity index is 131. The Morgan fingerprint density at radius 2 is 2.22 bits per heavy atom. The smallest absolute Gasteiger partial charge is 0.0847 e. The highest BCUT2D eigenvalue weighted by Crippen LogP contribution is 2.39. The first-order chi connectivity index (χ1) is 4.40. The molecule has 1 heteroatoms. The molecule has 0 bridgehead atoms. The number of rotatable bonds is 1. The van der Waals surface area contributed by atoms with E-state index in [1.807, 2.05) is 0 Å². The van der Waals surface area contributed by atoms with E-state index in [0.717, 1.165) is 5.92 Å². The van der Waals surface area contributed by atoms with Crippen LogP contribution in [0, 0.1) is 5.92 Å². The Morgan fingerprint density at radius 3 is 2.89 bits per heavy atom. The van der Waals surface area contributed by atoms with Gasteiger partial charge in [0, 0.05) is 0 Å². The van der Waals surface area contributed by atoms with E-state index >= 15 is 0 Å². The number of ether oxygens (including phenoxy) is 1. The molecule has 1 saturated heterocycles. The van der Waals surface area contributed by atoms with E-state index in [2.05, 4.69) is 12.7 Å². The van der Waals surface area contributed by atoms with Gasteiger partial charge in [-0.3, -0.25) is 0 Å². The van der Waals surface area contributed by atoms with Crippen LogP contribution in [0.2, 0.25) is 0 Å². The van der Waals surface area contributed by atoms with Gasteiger partial charge in [0.05, 0.1) is 12.2 Å². The summed E-state index contributed by atoms with van der Waals surface area (Å²) >= 11 is 0. The van der Waals surface area contributed by atoms with Crippen LogP contribution in [-0.2, 0) is 4.74 Å². The van der Waals surface area contributed by atoms with Gasteiger partial charge in [-0.15, -0.1) is 6.58 Å². The van der Waals surface area contributed by atoms with Crippen LogP contribution in [0.25, 0.3) is 0 Å². The van der Waals surface area contributed by atoms with Crippen molar-refractivity contribution in [1.29, 1.82) is 0 Å². The van der Waals surface area contributed by atoms with Crippen molar-refractivity contribution in [3.8, 4) is 0 Å². The van der Waals surface area contributed by atoms with Gasteiger partial charge in [-0.2, -0.15) is 0 Å². The fraction of sp³-hybridized carbons (Fsp3) is 0.750. The molecule has 0 N–H and O–H groups in total. The van der Waals surface area contributed by atoms with Crippen LogP contribution in [-0.4, -0.2) is 12.2 Å². The van der Waals surface area contributed by atoms with Gasteiger partial charge in [-0.1, -0.05) is 6.08 Å². The third-order valence-electron chi connectivity index (χ3n) is 2.38. The first-order valence-electron chi connectivity index (χ1n) is 3.68. The van der Waals surface area contributed by atoms with Crippen molar-refractivity contribution >= 4 is 0 Å². The van der Waals surface area contributed by atoms with Crippen LogP contribution < -0.4 is 0 Å². The number of hydrogen-bond acceptors (Lipinski definition) is 1. The Labute approximate surface area is 55.7 Å². The Morgan fingerprint density at radius 1 is 1.33 bits per heavy atom. The van der Waals surface area contributed by atoms with Crippen LogP contribution in [0.3, 0.4) is 0 Å². The lowest BCUT2D eigenvalue weighted by molar-refractivity contribution is 0.370. The zero-order valence-electron chi connectivity index (χ0n) is 5.55. The maximum Gasteiger partial charge on any atom is 0.0847 e. The van der Waals surface area contributed by atoms with Crippen molar-refractivity contribution in [2.75, 3.05) is 0 Å². The SMILES string of the molecule is C=C[C@H]1CC[C@H]2O[C@H]2C1. The molecule has 2 rings (SSSR count). The third-order valence-corrected chi connectivity index (χ3v) is 2.38. The fourth-order valence-electron chi connectivity index (χ4n) is 1.65. The number of fused-ring (bicyclic) bond motifs is 1. The molecule has 1 aliphatic heterocycles. The minimum atomic E-state index is 0.613. The molecule has 2 aliphatic rings. The summed E-state index contributed by atoms with van der Waals surface area (Å²) in [5, 5.41) is 0. The van der Waals surface area contributed by atoms with Gasteiger partial charge < -0.3 is 4.74 Å². The second kappa shape index (κ2) is 1.84. The van der Waals surface area contributed by atoms with E-state index in [0.29, 0.717) is 12.2 Å². The summed E-state index contributed by atoms with van der Waals surface area (Å²) in [6.07, 6.45) is 7.11. The van der Waals surface area contributed by atoms with E-state index in [9.17, 15) is 0 Å². The quantitative estimate of drug-likeness (QED) is 0.383. The lowest BCUT2D eigenvalue weighted by Gasteiger charge is -2.12. The standard InChI is InChI=1S/C8H12O/c1-2-6-3-4-7-8(5-6)9-7/h2,6-8H,1,3-5H2/t6-,7+,8-/m0/s1. The van der Waals surface area contributed by atoms with E-state index in [4.69, 9.17) is 4.74 Å². The molecule has 2 fully saturated rings. The Hall–Kier alpha value is -0.300. The highest BCUT2D eigenvalue weighted by molar-refractivity contribution is 4.96. The van der Waals surface area contributed by atoms with Gasteiger partial charge in [-0.05, 0) is 25.2 Å². The van der Waals surface area contributed by atoms with Crippen molar-refractivity contribution in [2.24, 2.45) is 5.92 Å². The molecule has 0 radical (unpaired) electrons. The van der Waals surface area contributed by atoms with Gasteiger partial charge in [0.25, 0.3) is 0 Å². The zero-order valence-corrected chi connectivity index (χ0v) is 5.55. The lowest BCUT2D eigenvalue weighted by Crippen LogP contribution is -2.10. The van der Waals surface area contributed by atoms with Gasteiger partial charge in [0.2, 0.25) is 0 Å². The van der Waals surface area contributed by atoms with Crippen LogP contribution in [0.4, 0.5) is 0 Å². The van der Waals surface area contributed by atoms with Crippen molar-refractivity contribution in [1.82, 2.24) is 0 Å². The molecule has 0 amide bonds. The molecule has 9 heavy (non-hydrogen) atoms. The van der Waals surface area contributed by atoms with Crippen molar-refractivity contribution in [2.45, 2.75) is 31.5 Å². The minimum absolute atomic E-state index is 0.613. The predicted molar refractivity (Wildman–Crippen MR) is 36.2 cm³/mol. The molecule has 1 nitrogen and oxygen atoms in total. The molecule has 0 aromatic heterocycles. The summed E-state index contributed by atoms with van der Waals surface area (Å²) in [4.78, 5) is 0. The summed E-state index contributed by atoms with van der Waals surface area (Å²) < 4.78 is 5.36. The summed E-state index contributed by atoms with van der Waals surface area (Å²) in [6.45, 7) is 3.78. The molecule has 1 aliphatic carbocycles.